The van der Waals surface area contributed by atoms with Crippen molar-refractivity contribution in [1.82, 2.24) is 5.32 Å². The van der Waals surface area contributed by atoms with Gasteiger partial charge in [-0.15, -0.1) is 0 Å². The van der Waals surface area contributed by atoms with Crippen LogP contribution >= 0.6 is 0 Å². The van der Waals surface area contributed by atoms with Gasteiger partial charge in [-0.1, -0.05) is 6.92 Å². The number of carbonyl (C=O) groups is 2. The van der Waals surface area contributed by atoms with Crippen molar-refractivity contribution in [2.45, 2.75) is 31.5 Å². The number of Topliss-reactive ketones (excluding diaryl/α,β-unsaturated/α-hetero) is 1. The molecule has 6 heteroatoms. The van der Waals surface area contributed by atoms with Crippen molar-refractivity contribution in [3.8, 4) is 0 Å². The zero-order valence-corrected chi connectivity index (χ0v) is 11.9. The maximum atomic E-state index is 11.4. The van der Waals surface area contributed by atoms with Gasteiger partial charge >= 0.3 is 6.09 Å². The molecule has 0 saturated carbocycles. The van der Waals surface area contributed by atoms with Crippen LogP contribution in [0.4, 0.5) is 4.79 Å². The van der Waals surface area contributed by atoms with Gasteiger partial charge in [-0.05, 0) is 12.5 Å². The lowest BCUT2D eigenvalue weighted by Gasteiger charge is -2.27. The van der Waals surface area contributed by atoms with E-state index in [4.69, 9.17) is 4.74 Å². The molecule has 0 aromatic rings. The Morgan fingerprint density at radius 1 is 1.33 bits per heavy atom. The normalized spacial score (nSPS) is 16.5. The first-order valence-corrected chi connectivity index (χ1v) is 5.97. The molecule has 0 saturated heterocycles. The maximum absolute atomic E-state index is 11.4. The third-order valence-corrected chi connectivity index (χ3v) is 2.81. The molecule has 0 aliphatic heterocycles. The number of nitrogens with one attached hydrogen (secondary N) is 1. The van der Waals surface area contributed by atoms with E-state index in [0.29, 0.717) is 0 Å². The topological polar surface area (TPSA) is 64.6 Å². The minimum absolute atomic E-state index is 0.130. The Bertz CT molecular complexity index is 232. The summed E-state index contributed by atoms with van der Waals surface area (Å²) in [5, 5.41) is 2.48. The fourth-order valence-corrected chi connectivity index (χ4v) is 2.05. The average molecular weight is 233 g/mol. The van der Waals surface area contributed by atoms with Crippen molar-refractivity contribution in [2.24, 2.45) is 0 Å². The van der Waals surface area contributed by atoms with Crippen LogP contribution in [-0.4, -0.2) is 48.5 Å². The molecular formula is C9H19NO4Si. The molecule has 3 atom stereocenters. The number of amides is 1. The fourth-order valence-electron chi connectivity index (χ4n) is 1.39. The van der Waals surface area contributed by atoms with Crippen molar-refractivity contribution in [3.05, 3.63) is 0 Å². The van der Waals surface area contributed by atoms with E-state index in [1.807, 2.05) is 6.92 Å². The highest BCUT2D eigenvalue weighted by atomic mass is 28.1. The van der Waals surface area contributed by atoms with E-state index in [0.717, 1.165) is 10.2 Å². The summed E-state index contributed by atoms with van der Waals surface area (Å²) in [7, 11) is 3.69. The minimum atomic E-state index is -0.630. The van der Waals surface area contributed by atoms with Crippen molar-refractivity contribution < 1.29 is 19.1 Å². The highest BCUT2D eigenvalue weighted by Gasteiger charge is 2.29. The fraction of sp³-hybridized carbons (Fsp3) is 0.778. The molecule has 3 unspecified atom stereocenters. The van der Waals surface area contributed by atoms with Gasteiger partial charge in [-0.2, -0.15) is 0 Å². The van der Waals surface area contributed by atoms with Crippen LogP contribution in [-0.2, 0) is 14.3 Å². The highest BCUT2D eigenvalue weighted by Crippen LogP contribution is 2.14. The van der Waals surface area contributed by atoms with E-state index in [1.165, 1.54) is 21.1 Å². The number of alkyl carbamates (subject to hydrolysis) is 1. The molecule has 0 aliphatic carbocycles. The summed E-state index contributed by atoms with van der Waals surface area (Å²) in [6, 6.07) is -0.630. The first kappa shape index (κ1) is 14.1. The second-order valence-corrected chi connectivity index (χ2v) is 5.49. The predicted molar refractivity (Wildman–Crippen MR) is 60.2 cm³/mol. The predicted octanol–water partition coefficient (Wildman–Crippen LogP) is -0.511. The van der Waals surface area contributed by atoms with Crippen LogP contribution < -0.4 is 5.32 Å². The van der Waals surface area contributed by atoms with Crippen LogP contribution in [0.3, 0.4) is 0 Å². The number of ether oxygens (including phenoxy) is 2. The number of carbonyl (C=O) groups excluding carboxylic acids is 2. The molecule has 5 nitrogen and oxygen atoms in total. The quantitative estimate of drug-likeness (QED) is 0.650. The lowest BCUT2D eigenvalue weighted by Crippen LogP contribution is -2.49. The van der Waals surface area contributed by atoms with E-state index in [9.17, 15) is 9.59 Å². The summed E-state index contributed by atoms with van der Waals surface area (Å²) >= 11 is 0. The van der Waals surface area contributed by atoms with E-state index in [2.05, 4.69) is 10.1 Å². The van der Waals surface area contributed by atoms with Crippen LogP contribution in [0.5, 0.6) is 0 Å². The summed E-state index contributed by atoms with van der Waals surface area (Å²) in [5.41, 5.74) is 0.265. The highest BCUT2D eigenvalue weighted by molar-refractivity contribution is 6.12. The Balaban J connectivity index is 4.63. The van der Waals surface area contributed by atoms with Crippen LogP contribution in [0.25, 0.3) is 0 Å². The SMILES string of the molecule is COC(=O)NC(C(C)=O)C(OC)C(C)[SiH3]. The molecule has 0 fully saturated rings. The maximum Gasteiger partial charge on any atom is 0.407 e. The van der Waals surface area contributed by atoms with Crippen LogP contribution in [0.1, 0.15) is 13.8 Å². The second kappa shape index (κ2) is 6.57. The molecule has 0 heterocycles. The summed E-state index contributed by atoms with van der Waals surface area (Å²) < 4.78 is 9.68. The smallest absolute Gasteiger partial charge is 0.407 e. The summed E-state index contributed by atoms with van der Waals surface area (Å²) in [6.07, 6.45) is -0.896. The van der Waals surface area contributed by atoms with E-state index >= 15 is 0 Å². The number of hydrogen-bond acceptors (Lipinski definition) is 4. The molecule has 0 rings (SSSR count). The lowest BCUT2D eigenvalue weighted by molar-refractivity contribution is -0.122. The Morgan fingerprint density at radius 3 is 2.13 bits per heavy atom. The van der Waals surface area contributed by atoms with Gasteiger partial charge in [0.05, 0.1) is 13.2 Å². The molecule has 0 radical (unpaired) electrons. The molecule has 0 bridgehead atoms. The van der Waals surface area contributed by atoms with E-state index < -0.39 is 12.1 Å². The van der Waals surface area contributed by atoms with Gasteiger partial charge in [0.25, 0.3) is 0 Å². The molecule has 1 N–H and O–H groups in total. The number of ketones is 1. The summed E-state index contributed by atoms with van der Waals surface area (Å²) in [5.74, 6) is -0.130. The summed E-state index contributed by atoms with van der Waals surface area (Å²) in [4.78, 5) is 22.4. The molecular weight excluding hydrogens is 214 g/mol. The third-order valence-electron chi connectivity index (χ3n) is 2.15. The van der Waals surface area contributed by atoms with Gasteiger partial charge in [0.2, 0.25) is 0 Å². The van der Waals surface area contributed by atoms with Crippen molar-refractivity contribution >= 4 is 22.1 Å². The number of rotatable bonds is 5. The molecule has 0 spiro atoms. The van der Waals surface area contributed by atoms with E-state index in [-0.39, 0.29) is 17.4 Å². The van der Waals surface area contributed by atoms with Gasteiger partial charge in [0, 0.05) is 17.4 Å². The molecule has 1 amide bonds. The molecule has 15 heavy (non-hydrogen) atoms. The van der Waals surface area contributed by atoms with Crippen molar-refractivity contribution in [2.75, 3.05) is 14.2 Å². The Hall–Kier alpha value is -0.883. The standard InChI is InChI=1S/C9H19NO4Si/c1-5(11)7(10-9(12)14-4)8(13-3)6(2)15/h6-8H,1-4,15H3,(H,10,12). The first-order chi connectivity index (χ1) is 6.93. The largest absolute Gasteiger partial charge is 0.453 e. The molecule has 0 aliphatic rings. The molecule has 0 aromatic heterocycles. The minimum Gasteiger partial charge on any atom is -0.453 e. The zero-order chi connectivity index (χ0) is 12.0. The number of hydrogen-bond donors (Lipinski definition) is 1. The Kier molecular flexibility index (Phi) is 6.19. The van der Waals surface area contributed by atoms with Gasteiger partial charge in [0.1, 0.15) is 6.04 Å². The van der Waals surface area contributed by atoms with Crippen molar-refractivity contribution in [3.63, 3.8) is 0 Å². The van der Waals surface area contributed by atoms with Crippen LogP contribution in [0.15, 0.2) is 0 Å². The zero-order valence-electron chi connectivity index (χ0n) is 9.87. The molecule has 88 valence electrons. The van der Waals surface area contributed by atoms with Gasteiger partial charge in [0.15, 0.2) is 5.78 Å². The first-order valence-electron chi connectivity index (χ1n) is 4.81. The Morgan fingerprint density at radius 2 is 1.87 bits per heavy atom. The average Bonchev–Trinajstić information content (AvgIpc) is 2.16. The van der Waals surface area contributed by atoms with E-state index in [1.54, 1.807) is 0 Å². The van der Waals surface area contributed by atoms with Crippen molar-refractivity contribution in [1.29, 1.82) is 0 Å². The molecule has 0 aromatic carbocycles. The van der Waals surface area contributed by atoms with Gasteiger partial charge < -0.3 is 14.8 Å². The lowest BCUT2D eigenvalue weighted by atomic mass is 10.0. The van der Waals surface area contributed by atoms with Gasteiger partial charge in [-0.3, -0.25) is 4.79 Å². The number of methoxy groups -OCH3 is 2. The second-order valence-electron chi connectivity index (χ2n) is 3.67. The van der Waals surface area contributed by atoms with Crippen LogP contribution in [0, 0.1) is 0 Å². The van der Waals surface area contributed by atoms with Gasteiger partial charge in [-0.25, -0.2) is 4.79 Å². The monoisotopic (exact) mass is 233 g/mol. The third kappa shape index (κ3) is 4.44. The Labute approximate surface area is 92.9 Å². The van der Waals surface area contributed by atoms with Crippen LogP contribution in [0.2, 0.25) is 5.54 Å². The summed E-state index contributed by atoms with van der Waals surface area (Å²) in [6.45, 7) is 3.41.